The number of rotatable bonds is 7. The average molecular weight is 369 g/mol. The first-order valence-corrected chi connectivity index (χ1v) is 8.14. The minimum Gasteiger partial charge on any atom is -0.316 e. The Bertz CT molecular complexity index is 290. The highest BCUT2D eigenvalue weighted by atomic mass is 79.9. The first kappa shape index (κ1) is 14.7. The second-order valence-electron chi connectivity index (χ2n) is 4.39. The van der Waals surface area contributed by atoms with E-state index < -0.39 is 0 Å². The predicted molar refractivity (Wildman–Crippen MR) is 80.4 cm³/mol. The van der Waals surface area contributed by atoms with Crippen LogP contribution in [-0.4, -0.2) is 13.1 Å². The van der Waals surface area contributed by atoms with Crippen LogP contribution in [0.15, 0.2) is 14.3 Å². The Morgan fingerprint density at radius 1 is 1.31 bits per heavy atom. The van der Waals surface area contributed by atoms with Crippen molar-refractivity contribution in [3.8, 4) is 0 Å². The van der Waals surface area contributed by atoms with E-state index in [0.29, 0.717) is 0 Å². The average Bonchev–Trinajstić information content (AvgIpc) is 2.52. The second-order valence-corrected chi connectivity index (χ2v) is 7.70. The van der Waals surface area contributed by atoms with Crippen molar-refractivity contribution in [1.82, 2.24) is 5.32 Å². The molecule has 0 atom stereocenters. The summed E-state index contributed by atoms with van der Waals surface area (Å²) in [4.78, 5) is 1.46. The molecule has 1 N–H and O–H groups in total. The lowest BCUT2D eigenvalue weighted by atomic mass is 10.2. The number of unbranched alkanes of at least 4 members (excludes halogenated alkanes) is 1. The smallest absolute Gasteiger partial charge is 0.0843 e. The second kappa shape index (κ2) is 7.85. The Morgan fingerprint density at radius 2 is 2.06 bits per heavy atom. The number of thiophene rings is 1. The fourth-order valence-corrected chi connectivity index (χ4v) is 3.67. The Hall–Kier alpha value is 0.620. The molecule has 0 radical (unpaired) electrons. The first-order valence-electron chi connectivity index (χ1n) is 5.74. The topological polar surface area (TPSA) is 12.0 Å². The normalized spacial score (nSPS) is 11.3. The van der Waals surface area contributed by atoms with Crippen molar-refractivity contribution in [2.24, 2.45) is 5.92 Å². The van der Waals surface area contributed by atoms with Gasteiger partial charge in [0.2, 0.25) is 0 Å². The van der Waals surface area contributed by atoms with Crippen molar-refractivity contribution in [1.29, 1.82) is 0 Å². The predicted octanol–water partition coefficient (Wildman–Crippen LogP) is 4.84. The van der Waals surface area contributed by atoms with Crippen molar-refractivity contribution in [3.63, 3.8) is 0 Å². The molecular weight excluding hydrogens is 350 g/mol. The molecular formula is C12H19Br2NS. The summed E-state index contributed by atoms with van der Waals surface area (Å²) in [6.07, 6.45) is 3.72. The molecule has 0 saturated carbocycles. The summed E-state index contributed by atoms with van der Waals surface area (Å²) in [6.45, 7) is 6.77. The van der Waals surface area contributed by atoms with Crippen LogP contribution in [0, 0.1) is 5.92 Å². The van der Waals surface area contributed by atoms with Gasteiger partial charge in [-0.15, -0.1) is 11.3 Å². The number of nitrogens with one attached hydrogen (secondary N) is 1. The molecule has 0 aliphatic rings. The highest BCUT2D eigenvalue weighted by molar-refractivity contribution is 9.13. The number of hydrogen-bond donors (Lipinski definition) is 1. The van der Waals surface area contributed by atoms with E-state index in [4.69, 9.17) is 0 Å². The lowest BCUT2D eigenvalue weighted by Crippen LogP contribution is -2.20. The summed E-state index contributed by atoms with van der Waals surface area (Å²) >= 11 is 8.87. The Labute approximate surface area is 119 Å². The summed E-state index contributed by atoms with van der Waals surface area (Å²) in [5.41, 5.74) is 0. The third-order valence-corrected chi connectivity index (χ3v) is 5.59. The largest absolute Gasteiger partial charge is 0.316 e. The van der Waals surface area contributed by atoms with E-state index >= 15 is 0 Å². The number of hydrogen-bond acceptors (Lipinski definition) is 2. The van der Waals surface area contributed by atoms with Crippen molar-refractivity contribution >= 4 is 43.2 Å². The number of halogens is 2. The minimum atomic E-state index is 0.754. The van der Waals surface area contributed by atoms with Crippen molar-refractivity contribution in [2.75, 3.05) is 13.1 Å². The van der Waals surface area contributed by atoms with Gasteiger partial charge in [0.25, 0.3) is 0 Å². The maximum absolute atomic E-state index is 3.53. The van der Waals surface area contributed by atoms with E-state index in [2.05, 4.69) is 57.1 Å². The van der Waals surface area contributed by atoms with Gasteiger partial charge in [0.15, 0.2) is 0 Å². The van der Waals surface area contributed by atoms with Gasteiger partial charge in [-0.3, -0.25) is 0 Å². The van der Waals surface area contributed by atoms with Gasteiger partial charge < -0.3 is 5.32 Å². The molecule has 0 unspecified atom stereocenters. The molecule has 1 aromatic heterocycles. The van der Waals surface area contributed by atoms with E-state index in [-0.39, 0.29) is 0 Å². The summed E-state index contributed by atoms with van der Waals surface area (Å²) in [7, 11) is 0. The van der Waals surface area contributed by atoms with Gasteiger partial charge in [-0.25, -0.2) is 0 Å². The molecule has 0 bridgehead atoms. The van der Waals surface area contributed by atoms with Crippen molar-refractivity contribution in [3.05, 3.63) is 19.2 Å². The standard InChI is InChI=1S/C12H19Br2NS/c1-9(2)8-15-6-4-3-5-10-7-11(13)12(14)16-10/h7,9,15H,3-6,8H2,1-2H3. The van der Waals surface area contributed by atoms with Crippen molar-refractivity contribution < 1.29 is 0 Å². The van der Waals surface area contributed by atoms with E-state index in [1.165, 1.54) is 32.4 Å². The van der Waals surface area contributed by atoms with E-state index in [0.717, 1.165) is 19.0 Å². The summed E-state index contributed by atoms with van der Waals surface area (Å²) in [5, 5.41) is 3.47. The van der Waals surface area contributed by atoms with Crippen molar-refractivity contribution in [2.45, 2.75) is 33.1 Å². The Balaban J connectivity index is 2.07. The van der Waals surface area contributed by atoms with E-state index in [1.807, 2.05) is 11.3 Å². The molecule has 0 fully saturated rings. The fraction of sp³-hybridized carbons (Fsp3) is 0.667. The third kappa shape index (κ3) is 5.80. The molecule has 1 rings (SSSR count). The van der Waals surface area contributed by atoms with Gasteiger partial charge >= 0.3 is 0 Å². The van der Waals surface area contributed by atoms with E-state index in [9.17, 15) is 0 Å². The molecule has 0 aliphatic heterocycles. The van der Waals surface area contributed by atoms with Gasteiger partial charge in [0.05, 0.1) is 3.79 Å². The Morgan fingerprint density at radius 3 is 2.62 bits per heavy atom. The fourth-order valence-electron chi connectivity index (χ4n) is 1.45. The summed E-state index contributed by atoms with van der Waals surface area (Å²) in [5.74, 6) is 0.754. The zero-order chi connectivity index (χ0) is 12.0. The van der Waals surface area contributed by atoms with Crippen LogP contribution in [-0.2, 0) is 6.42 Å². The molecule has 4 heteroatoms. The highest BCUT2D eigenvalue weighted by Gasteiger charge is 2.03. The maximum Gasteiger partial charge on any atom is 0.0843 e. The van der Waals surface area contributed by atoms with Crippen LogP contribution in [0.4, 0.5) is 0 Å². The molecule has 16 heavy (non-hydrogen) atoms. The molecule has 0 amide bonds. The minimum absolute atomic E-state index is 0.754. The monoisotopic (exact) mass is 367 g/mol. The van der Waals surface area contributed by atoms with Gasteiger partial charge in [0.1, 0.15) is 0 Å². The molecule has 1 heterocycles. The van der Waals surface area contributed by atoms with Crippen LogP contribution in [0.1, 0.15) is 31.6 Å². The molecule has 0 saturated heterocycles. The van der Waals surface area contributed by atoms with Crippen LogP contribution >= 0.6 is 43.2 Å². The van der Waals surface area contributed by atoms with Gasteiger partial charge in [0, 0.05) is 9.35 Å². The molecule has 0 aromatic carbocycles. The van der Waals surface area contributed by atoms with Gasteiger partial charge in [-0.1, -0.05) is 13.8 Å². The number of aryl methyl sites for hydroxylation is 1. The molecule has 0 aliphatic carbocycles. The summed E-state index contributed by atoms with van der Waals surface area (Å²) in [6, 6.07) is 2.22. The van der Waals surface area contributed by atoms with Crippen LogP contribution in [0.3, 0.4) is 0 Å². The van der Waals surface area contributed by atoms with Crippen LogP contribution in [0.2, 0.25) is 0 Å². The van der Waals surface area contributed by atoms with Gasteiger partial charge in [-0.05, 0) is 76.2 Å². The summed E-state index contributed by atoms with van der Waals surface area (Å²) < 4.78 is 2.39. The lowest BCUT2D eigenvalue weighted by Gasteiger charge is -2.06. The quantitative estimate of drug-likeness (QED) is 0.679. The van der Waals surface area contributed by atoms with E-state index in [1.54, 1.807) is 0 Å². The van der Waals surface area contributed by atoms with Crippen LogP contribution < -0.4 is 5.32 Å². The zero-order valence-corrected chi connectivity index (χ0v) is 13.8. The van der Waals surface area contributed by atoms with Crippen LogP contribution in [0.25, 0.3) is 0 Å². The first-order chi connectivity index (χ1) is 7.59. The van der Waals surface area contributed by atoms with Crippen LogP contribution in [0.5, 0.6) is 0 Å². The molecule has 1 nitrogen and oxygen atoms in total. The SMILES string of the molecule is CC(C)CNCCCCc1cc(Br)c(Br)s1. The highest BCUT2D eigenvalue weighted by Crippen LogP contribution is 2.32. The lowest BCUT2D eigenvalue weighted by molar-refractivity contribution is 0.536. The molecule has 0 spiro atoms. The molecule has 92 valence electrons. The zero-order valence-electron chi connectivity index (χ0n) is 9.85. The Kier molecular flexibility index (Phi) is 7.20. The molecule has 1 aromatic rings. The van der Waals surface area contributed by atoms with Gasteiger partial charge in [-0.2, -0.15) is 0 Å². The third-order valence-electron chi connectivity index (χ3n) is 2.28. The maximum atomic E-state index is 3.53.